The topological polar surface area (TPSA) is 3.24 Å². The summed E-state index contributed by atoms with van der Waals surface area (Å²) in [5, 5.41) is 0. The smallest absolute Gasteiger partial charge is 0.0414 e. The normalized spacial score (nSPS) is 15.3. The summed E-state index contributed by atoms with van der Waals surface area (Å²) in [7, 11) is 2.29. The van der Waals surface area contributed by atoms with Crippen LogP contribution in [0.2, 0.25) is 0 Å². The Morgan fingerprint density at radius 2 is 0.873 bits per heavy atom. The van der Waals surface area contributed by atoms with Crippen LogP contribution in [0.25, 0.3) is 33.4 Å². The van der Waals surface area contributed by atoms with E-state index in [1.165, 1.54) is 214 Å². The lowest BCUT2D eigenvalue weighted by Gasteiger charge is -2.37. The number of unbranched alkanes of at least 4 members (excludes halogenated alkanes) is 12. The Hall–Kier alpha value is -4.88. The van der Waals surface area contributed by atoms with E-state index in [9.17, 15) is 0 Å². The maximum atomic E-state index is 2.76. The third-order valence-corrected chi connectivity index (χ3v) is 18.5. The highest BCUT2D eigenvalue weighted by molar-refractivity contribution is 5.85. The lowest BCUT2D eigenvalue weighted by Crippen LogP contribution is -2.29. The fourth-order valence-electron chi connectivity index (χ4n) is 13.7. The maximum Gasteiger partial charge on any atom is 0.0414 e. The Balaban J connectivity index is 1.13. The Morgan fingerprint density at radius 1 is 0.423 bits per heavy atom. The number of benzene rings is 6. The SMILES string of the molecule is CCCCCCC1(CCCCCC)c2cc(C)ccc2-c2ccc(C(C)(CC)c3ccc4c(c3)C(CCCCCC)(CCCCCC)c3cc(N(C)c5cccc(-c6ccc7c(c6)CC7)c5)ccc3-4)cc21. The first-order valence-corrected chi connectivity index (χ1v) is 29.2. The second-order valence-corrected chi connectivity index (χ2v) is 23.0. The van der Waals surface area contributed by atoms with Gasteiger partial charge < -0.3 is 4.90 Å². The number of aryl methyl sites for hydroxylation is 3. The van der Waals surface area contributed by atoms with Gasteiger partial charge in [-0.15, -0.1) is 0 Å². The molecule has 0 aliphatic heterocycles. The molecule has 1 unspecified atom stereocenters. The van der Waals surface area contributed by atoms with Gasteiger partial charge in [0, 0.05) is 34.7 Å². The molecular weight excluding hydrogens is 855 g/mol. The molecule has 0 amide bonds. The Kier molecular flexibility index (Phi) is 16.2. The molecule has 0 fully saturated rings. The first kappa shape index (κ1) is 51.0. The minimum absolute atomic E-state index is 0.0228. The summed E-state index contributed by atoms with van der Waals surface area (Å²) in [6, 6.07) is 47.0. The zero-order valence-corrected chi connectivity index (χ0v) is 45.7. The summed E-state index contributed by atoms with van der Waals surface area (Å²) in [4.78, 5) is 2.45. The fourth-order valence-corrected chi connectivity index (χ4v) is 13.7. The third-order valence-electron chi connectivity index (χ3n) is 18.5. The van der Waals surface area contributed by atoms with Crippen molar-refractivity contribution in [3.05, 3.63) is 165 Å². The molecule has 9 rings (SSSR count). The van der Waals surface area contributed by atoms with Crippen LogP contribution in [0.3, 0.4) is 0 Å². The highest BCUT2D eigenvalue weighted by Crippen LogP contribution is 2.58. The van der Waals surface area contributed by atoms with Crippen LogP contribution >= 0.6 is 0 Å². The second kappa shape index (κ2) is 22.5. The third kappa shape index (κ3) is 9.87. The minimum Gasteiger partial charge on any atom is -0.345 e. The predicted octanol–water partition coefficient (Wildman–Crippen LogP) is 20.7. The van der Waals surface area contributed by atoms with Crippen molar-refractivity contribution in [2.24, 2.45) is 0 Å². The Labute approximate surface area is 432 Å². The van der Waals surface area contributed by atoms with Crippen LogP contribution in [0.15, 0.2) is 115 Å². The van der Waals surface area contributed by atoms with E-state index in [0.29, 0.717) is 0 Å². The maximum absolute atomic E-state index is 2.76. The number of hydrogen-bond donors (Lipinski definition) is 0. The van der Waals surface area contributed by atoms with Gasteiger partial charge in [0.2, 0.25) is 0 Å². The van der Waals surface area contributed by atoms with Crippen LogP contribution in [0, 0.1) is 6.92 Å². The van der Waals surface area contributed by atoms with Crippen LogP contribution in [0.4, 0.5) is 11.4 Å². The summed E-state index contributed by atoms with van der Waals surface area (Å²) in [5.41, 5.74) is 24.9. The number of nitrogens with zero attached hydrogens (tertiary/aromatic N) is 1. The summed E-state index contributed by atoms with van der Waals surface area (Å²) < 4.78 is 0. The molecule has 0 radical (unpaired) electrons. The molecule has 0 bridgehead atoms. The lowest BCUT2D eigenvalue weighted by atomic mass is 9.66. The van der Waals surface area contributed by atoms with Gasteiger partial charge in [-0.25, -0.2) is 0 Å². The average molecular weight is 944 g/mol. The molecule has 6 aromatic rings. The number of hydrogen-bond acceptors (Lipinski definition) is 1. The standard InChI is InChI=1S/C70H89N/c1-9-14-18-22-41-69(42-23-19-15-10-2)64-45-51(6)29-37-60(64)61-38-34-56(48-65(61)69)68(7,13-5)57-35-39-62-63-40-36-59(71(8)58-28-26-27-53(47-58)55-33-31-52-30-32-54(52)46-55)50-67(63)70(66(62)49-57,43-24-20-16-11-3)44-25-21-17-12-4/h26-29,31,33-40,45-50H,9-25,30,32,41-44H2,1-8H3. The van der Waals surface area contributed by atoms with E-state index in [1.54, 1.807) is 22.3 Å². The van der Waals surface area contributed by atoms with Crippen LogP contribution in [-0.4, -0.2) is 7.05 Å². The van der Waals surface area contributed by atoms with Crippen molar-refractivity contribution in [1.82, 2.24) is 0 Å². The first-order valence-electron chi connectivity index (χ1n) is 29.2. The Morgan fingerprint density at radius 3 is 1.35 bits per heavy atom. The van der Waals surface area contributed by atoms with Crippen molar-refractivity contribution >= 4 is 11.4 Å². The summed E-state index contributed by atoms with van der Waals surface area (Å²) in [6.45, 7) is 16.8. The molecule has 3 aliphatic rings. The van der Waals surface area contributed by atoms with E-state index in [1.807, 2.05) is 0 Å². The van der Waals surface area contributed by atoms with Gasteiger partial charge in [-0.1, -0.05) is 241 Å². The van der Waals surface area contributed by atoms with Crippen LogP contribution < -0.4 is 4.90 Å². The molecule has 0 aromatic heterocycles. The molecule has 1 heteroatoms. The summed E-state index contributed by atoms with van der Waals surface area (Å²) in [5.74, 6) is 0. The molecule has 0 saturated heterocycles. The van der Waals surface area contributed by atoms with E-state index in [2.05, 4.69) is 176 Å². The van der Waals surface area contributed by atoms with E-state index < -0.39 is 0 Å². The Bertz CT molecular complexity index is 2740. The highest BCUT2D eigenvalue weighted by atomic mass is 15.1. The molecular formula is C70H89N. The van der Waals surface area contributed by atoms with E-state index in [0.717, 1.165) is 6.42 Å². The summed E-state index contributed by atoms with van der Waals surface area (Å²) >= 11 is 0. The fraction of sp³-hybridized carbons (Fsp3) is 0.486. The molecule has 0 heterocycles. The van der Waals surface area contributed by atoms with Crippen LogP contribution in [0.5, 0.6) is 0 Å². The van der Waals surface area contributed by atoms with Gasteiger partial charge in [-0.3, -0.25) is 0 Å². The molecule has 1 atom stereocenters. The van der Waals surface area contributed by atoms with Gasteiger partial charge in [0.1, 0.15) is 0 Å². The van der Waals surface area contributed by atoms with Crippen molar-refractivity contribution in [2.45, 2.75) is 212 Å². The van der Waals surface area contributed by atoms with Crippen LogP contribution in [-0.2, 0) is 29.1 Å². The van der Waals surface area contributed by atoms with Gasteiger partial charge in [0.15, 0.2) is 0 Å². The monoisotopic (exact) mass is 944 g/mol. The van der Waals surface area contributed by atoms with E-state index >= 15 is 0 Å². The summed E-state index contributed by atoms with van der Waals surface area (Å²) in [6.07, 6.45) is 29.2. The number of rotatable bonds is 26. The largest absolute Gasteiger partial charge is 0.345 e. The molecule has 0 spiro atoms. The zero-order chi connectivity index (χ0) is 49.6. The van der Waals surface area contributed by atoms with Crippen molar-refractivity contribution in [2.75, 3.05) is 11.9 Å². The first-order chi connectivity index (χ1) is 34.6. The van der Waals surface area contributed by atoms with Crippen molar-refractivity contribution < 1.29 is 0 Å². The van der Waals surface area contributed by atoms with Gasteiger partial charge in [-0.05, 0) is 154 Å². The molecule has 0 N–H and O–H groups in total. The molecule has 3 aliphatic carbocycles. The zero-order valence-electron chi connectivity index (χ0n) is 45.7. The van der Waals surface area contributed by atoms with E-state index in [4.69, 9.17) is 0 Å². The van der Waals surface area contributed by atoms with Crippen LogP contribution in [0.1, 0.15) is 226 Å². The van der Waals surface area contributed by atoms with Gasteiger partial charge in [0.25, 0.3) is 0 Å². The van der Waals surface area contributed by atoms with E-state index in [-0.39, 0.29) is 16.2 Å². The van der Waals surface area contributed by atoms with Crippen molar-refractivity contribution in [1.29, 1.82) is 0 Å². The molecule has 1 nitrogen and oxygen atoms in total. The highest BCUT2D eigenvalue weighted by Gasteiger charge is 2.46. The van der Waals surface area contributed by atoms with Gasteiger partial charge in [-0.2, -0.15) is 0 Å². The number of fused-ring (bicyclic) bond motifs is 7. The molecule has 6 aromatic carbocycles. The van der Waals surface area contributed by atoms with Crippen molar-refractivity contribution in [3.8, 4) is 33.4 Å². The van der Waals surface area contributed by atoms with Gasteiger partial charge >= 0.3 is 0 Å². The minimum atomic E-state index is -0.133. The second-order valence-electron chi connectivity index (χ2n) is 23.0. The predicted molar refractivity (Wildman–Crippen MR) is 309 cm³/mol. The van der Waals surface area contributed by atoms with Crippen molar-refractivity contribution in [3.63, 3.8) is 0 Å². The number of anilines is 2. The molecule has 0 saturated carbocycles. The molecule has 374 valence electrons. The molecule has 71 heavy (non-hydrogen) atoms. The van der Waals surface area contributed by atoms with Gasteiger partial charge in [0.05, 0.1) is 0 Å². The average Bonchev–Trinajstić information content (AvgIpc) is 3.81. The lowest BCUT2D eigenvalue weighted by molar-refractivity contribution is 0.399. The quantitative estimate of drug-likeness (QED) is 0.0490.